The first-order valence-electron chi connectivity index (χ1n) is 5.39. The summed E-state index contributed by atoms with van der Waals surface area (Å²) in [5.74, 6) is 1.73. The molecule has 1 aromatic heterocycles. The highest BCUT2D eigenvalue weighted by atomic mass is 16.6. The second-order valence-electron chi connectivity index (χ2n) is 3.89. The van der Waals surface area contributed by atoms with Crippen LogP contribution in [0.25, 0.3) is 11.3 Å². The van der Waals surface area contributed by atoms with Crippen molar-refractivity contribution in [1.29, 1.82) is 0 Å². The van der Waals surface area contributed by atoms with Crippen LogP contribution in [-0.4, -0.2) is 24.5 Å². The lowest BCUT2D eigenvalue weighted by Crippen LogP contribution is -2.38. The smallest absolute Gasteiger partial charge is 0.172 e. The van der Waals surface area contributed by atoms with Crippen molar-refractivity contribution < 1.29 is 14.0 Å². The summed E-state index contributed by atoms with van der Waals surface area (Å²) in [7, 11) is 0. The lowest BCUT2D eigenvalue weighted by molar-refractivity contribution is -0.0794. The number of para-hydroxylation sites is 1. The van der Waals surface area contributed by atoms with Crippen LogP contribution in [0.15, 0.2) is 34.9 Å². The molecule has 1 aromatic carbocycles. The molecule has 3 rings (SSSR count). The van der Waals surface area contributed by atoms with E-state index in [2.05, 4.69) is 5.16 Å². The number of rotatable bonds is 3. The Kier molecular flexibility index (Phi) is 2.45. The number of anilines is 1. The van der Waals surface area contributed by atoms with Crippen molar-refractivity contribution in [1.82, 2.24) is 5.16 Å². The summed E-state index contributed by atoms with van der Waals surface area (Å²) < 4.78 is 16.0. The SMILES string of the molecule is Nc1cc(-c2ccccc2OC2COC2)on1. The zero-order chi connectivity index (χ0) is 11.7. The molecular formula is C12H12N2O3. The van der Waals surface area contributed by atoms with E-state index in [4.69, 9.17) is 19.7 Å². The van der Waals surface area contributed by atoms with E-state index in [0.717, 1.165) is 11.3 Å². The first-order chi connectivity index (χ1) is 8.33. The van der Waals surface area contributed by atoms with E-state index >= 15 is 0 Å². The molecule has 2 aromatic rings. The Morgan fingerprint density at radius 1 is 1.29 bits per heavy atom. The Hall–Kier alpha value is -2.01. The molecular weight excluding hydrogens is 220 g/mol. The summed E-state index contributed by atoms with van der Waals surface area (Å²) in [6.07, 6.45) is 0.122. The summed E-state index contributed by atoms with van der Waals surface area (Å²) in [5.41, 5.74) is 6.39. The number of aromatic nitrogens is 1. The topological polar surface area (TPSA) is 70.5 Å². The molecule has 0 unspecified atom stereocenters. The van der Waals surface area contributed by atoms with Gasteiger partial charge in [-0.25, -0.2) is 0 Å². The summed E-state index contributed by atoms with van der Waals surface area (Å²) in [5, 5.41) is 3.67. The minimum Gasteiger partial charge on any atom is -0.485 e. The molecule has 1 aliphatic rings. The molecule has 2 N–H and O–H groups in total. The fourth-order valence-electron chi connectivity index (χ4n) is 1.65. The van der Waals surface area contributed by atoms with Crippen LogP contribution in [0.1, 0.15) is 0 Å². The zero-order valence-corrected chi connectivity index (χ0v) is 9.13. The Balaban J connectivity index is 1.92. The van der Waals surface area contributed by atoms with Crippen molar-refractivity contribution in [2.24, 2.45) is 0 Å². The second-order valence-corrected chi connectivity index (χ2v) is 3.89. The lowest BCUT2D eigenvalue weighted by Gasteiger charge is -2.27. The maximum Gasteiger partial charge on any atom is 0.172 e. The molecule has 0 radical (unpaired) electrons. The molecule has 0 spiro atoms. The molecule has 5 heteroatoms. The van der Waals surface area contributed by atoms with E-state index in [1.165, 1.54) is 0 Å². The summed E-state index contributed by atoms with van der Waals surface area (Å²) in [4.78, 5) is 0. The van der Waals surface area contributed by atoms with Crippen LogP contribution in [0.4, 0.5) is 5.82 Å². The Labute approximate surface area is 98.1 Å². The van der Waals surface area contributed by atoms with E-state index < -0.39 is 0 Å². The number of nitrogens with two attached hydrogens (primary N) is 1. The maximum absolute atomic E-state index is 5.79. The summed E-state index contributed by atoms with van der Waals surface area (Å²) >= 11 is 0. The van der Waals surface area contributed by atoms with Gasteiger partial charge in [-0.1, -0.05) is 17.3 Å². The van der Waals surface area contributed by atoms with Gasteiger partial charge in [0.05, 0.1) is 18.8 Å². The predicted octanol–water partition coefficient (Wildman–Crippen LogP) is 1.70. The van der Waals surface area contributed by atoms with Gasteiger partial charge in [-0.3, -0.25) is 0 Å². The maximum atomic E-state index is 5.79. The molecule has 88 valence electrons. The van der Waals surface area contributed by atoms with E-state index in [0.29, 0.717) is 24.8 Å². The average Bonchev–Trinajstić information content (AvgIpc) is 2.71. The average molecular weight is 232 g/mol. The molecule has 0 bridgehead atoms. The Bertz CT molecular complexity index is 520. The number of hydrogen-bond acceptors (Lipinski definition) is 5. The van der Waals surface area contributed by atoms with Crippen LogP contribution in [0.2, 0.25) is 0 Å². The van der Waals surface area contributed by atoms with Gasteiger partial charge in [0, 0.05) is 6.07 Å². The van der Waals surface area contributed by atoms with Gasteiger partial charge in [-0.2, -0.15) is 0 Å². The normalized spacial score (nSPS) is 15.5. The summed E-state index contributed by atoms with van der Waals surface area (Å²) in [6.45, 7) is 1.26. The van der Waals surface area contributed by atoms with Gasteiger partial charge in [-0.05, 0) is 12.1 Å². The molecule has 0 aliphatic carbocycles. The molecule has 1 aliphatic heterocycles. The van der Waals surface area contributed by atoms with Crippen molar-refractivity contribution in [3.63, 3.8) is 0 Å². The van der Waals surface area contributed by atoms with Crippen molar-refractivity contribution in [2.45, 2.75) is 6.10 Å². The highest BCUT2D eigenvalue weighted by Crippen LogP contribution is 2.32. The van der Waals surface area contributed by atoms with Crippen LogP contribution in [0, 0.1) is 0 Å². The van der Waals surface area contributed by atoms with Crippen LogP contribution in [0.5, 0.6) is 5.75 Å². The molecule has 17 heavy (non-hydrogen) atoms. The van der Waals surface area contributed by atoms with Gasteiger partial charge in [0.2, 0.25) is 0 Å². The molecule has 0 saturated carbocycles. The van der Waals surface area contributed by atoms with Gasteiger partial charge in [0.25, 0.3) is 0 Å². The largest absolute Gasteiger partial charge is 0.485 e. The highest BCUT2D eigenvalue weighted by molar-refractivity contribution is 5.67. The first-order valence-corrected chi connectivity index (χ1v) is 5.39. The standard InChI is InChI=1S/C12H12N2O3/c13-12-5-11(17-14-12)9-3-1-2-4-10(9)16-8-6-15-7-8/h1-5,8H,6-7H2,(H2,13,14). The quantitative estimate of drug-likeness (QED) is 0.872. The number of nitrogen functional groups attached to an aromatic ring is 1. The fourth-order valence-corrected chi connectivity index (χ4v) is 1.65. The van der Waals surface area contributed by atoms with Crippen molar-refractivity contribution in [3.05, 3.63) is 30.3 Å². The third kappa shape index (κ3) is 1.97. The number of benzene rings is 1. The molecule has 0 amide bonds. The van der Waals surface area contributed by atoms with E-state index in [9.17, 15) is 0 Å². The van der Waals surface area contributed by atoms with E-state index in [-0.39, 0.29) is 6.10 Å². The molecule has 0 atom stereocenters. The zero-order valence-electron chi connectivity index (χ0n) is 9.13. The van der Waals surface area contributed by atoms with Crippen LogP contribution < -0.4 is 10.5 Å². The fraction of sp³-hybridized carbons (Fsp3) is 0.250. The van der Waals surface area contributed by atoms with Gasteiger partial charge < -0.3 is 19.7 Å². The predicted molar refractivity (Wildman–Crippen MR) is 61.6 cm³/mol. The van der Waals surface area contributed by atoms with E-state index in [1.807, 2.05) is 24.3 Å². The Morgan fingerprint density at radius 2 is 2.12 bits per heavy atom. The summed E-state index contributed by atoms with van der Waals surface area (Å²) in [6, 6.07) is 9.32. The lowest BCUT2D eigenvalue weighted by atomic mass is 10.1. The van der Waals surface area contributed by atoms with Crippen molar-refractivity contribution >= 4 is 5.82 Å². The van der Waals surface area contributed by atoms with Crippen molar-refractivity contribution in [3.8, 4) is 17.1 Å². The molecule has 1 saturated heterocycles. The minimum absolute atomic E-state index is 0.122. The third-order valence-electron chi connectivity index (χ3n) is 2.58. The number of hydrogen-bond donors (Lipinski definition) is 1. The molecule has 1 fully saturated rings. The van der Waals surface area contributed by atoms with Gasteiger partial charge in [0.1, 0.15) is 11.9 Å². The van der Waals surface area contributed by atoms with Crippen LogP contribution in [0.3, 0.4) is 0 Å². The van der Waals surface area contributed by atoms with E-state index in [1.54, 1.807) is 6.07 Å². The van der Waals surface area contributed by atoms with Gasteiger partial charge in [-0.15, -0.1) is 0 Å². The minimum atomic E-state index is 0.122. The van der Waals surface area contributed by atoms with Crippen LogP contribution >= 0.6 is 0 Å². The first kappa shape index (κ1) is 10.2. The molecule has 5 nitrogen and oxygen atoms in total. The van der Waals surface area contributed by atoms with Crippen molar-refractivity contribution in [2.75, 3.05) is 18.9 Å². The monoisotopic (exact) mass is 232 g/mol. The van der Waals surface area contributed by atoms with Crippen LogP contribution in [-0.2, 0) is 4.74 Å². The van der Waals surface area contributed by atoms with Gasteiger partial charge in [0.15, 0.2) is 11.6 Å². The second kappa shape index (κ2) is 4.10. The number of ether oxygens (including phenoxy) is 2. The molecule has 2 heterocycles. The Morgan fingerprint density at radius 3 is 2.76 bits per heavy atom. The van der Waals surface area contributed by atoms with Gasteiger partial charge >= 0.3 is 0 Å². The number of nitrogens with zero attached hydrogens (tertiary/aromatic N) is 1. The highest BCUT2D eigenvalue weighted by Gasteiger charge is 2.22. The third-order valence-corrected chi connectivity index (χ3v) is 2.58.